The maximum Gasteiger partial charge on any atom is 0.407 e. The largest absolute Gasteiger partial charge is 0.445 e. The number of hydrogen-bond acceptors (Lipinski definition) is 3. The monoisotopic (exact) mass is 173 g/mol. The first-order chi connectivity index (χ1) is 5.70. The molecule has 70 valence electrons. The zero-order valence-electron chi connectivity index (χ0n) is 7.25. The van der Waals surface area contributed by atoms with E-state index in [1.807, 2.05) is 6.92 Å². The second-order valence-electron chi connectivity index (χ2n) is 2.33. The number of aliphatic hydroxyl groups is 1. The number of nitrogens with one attached hydrogen (secondary N) is 1. The Balaban J connectivity index is 3.36. The number of aliphatic hydroxyl groups excluding tert-OH is 1. The van der Waals surface area contributed by atoms with Gasteiger partial charge in [-0.05, 0) is 6.42 Å². The first-order valence-electron chi connectivity index (χ1n) is 3.90. The molecule has 0 saturated carbocycles. The molecule has 0 fully saturated rings. The highest BCUT2D eigenvalue weighted by atomic mass is 16.5. The minimum atomic E-state index is -0.526. The van der Waals surface area contributed by atoms with E-state index in [2.05, 4.69) is 16.6 Å². The van der Waals surface area contributed by atoms with Crippen molar-refractivity contribution in [3.8, 4) is 0 Å². The van der Waals surface area contributed by atoms with Crippen molar-refractivity contribution in [2.45, 2.75) is 19.4 Å². The van der Waals surface area contributed by atoms with Gasteiger partial charge in [-0.15, -0.1) is 0 Å². The molecule has 0 heterocycles. The minimum Gasteiger partial charge on any atom is -0.445 e. The van der Waals surface area contributed by atoms with Gasteiger partial charge in [-0.25, -0.2) is 4.79 Å². The number of amides is 1. The van der Waals surface area contributed by atoms with Crippen molar-refractivity contribution in [1.29, 1.82) is 0 Å². The van der Waals surface area contributed by atoms with Gasteiger partial charge in [-0.3, -0.25) is 0 Å². The fourth-order valence-corrected chi connectivity index (χ4v) is 0.531. The maximum atomic E-state index is 10.7. The zero-order chi connectivity index (χ0) is 9.40. The van der Waals surface area contributed by atoms with Crippen LogP contribution in [-0.2, 0) is 4.74 Å². The van der Waals surface area contributed by atoms with Crippen LogP contribution in [-0.4, -0.2) is 30.5 Å². The van der Waals surface area contributed by atoms with Crippen LogP contribution in [0.15, 0.2) is 12.7 Å². The van der Waals surface area contributed by atoms with Crippen LogP contribution in [0.3, 0.4) is 0 Å². The number of hydrogen-bond donors (Lipinski definition) is 2. The van der Waals surface area contributed by atoms with Crippen molar-refractivity contribution in [2.24, 2.45) is 0 Å². The standard InChI is InChI=1S/C8H15NO3/c1-3-5-12-8(11)9-6-7(10)4-2/h3,7,10H,1,4-6H2,2H3,(H,9,11). The second-order valence-corrected chi connectivity index (χ2v) is 2.33. The first-order valence-corrected chi connectivity index (χ1v) is 3.90. The summed E-state index contributed by atoms with van der Waals surface area (Å²) in [6, 6.07) is 0. The summed E-state index contributed by atoms with van der Waals surface area (Å²) >= 11 is 0. The number of carbonyl (C=O) groups is 1. The van der Waals surface area contributed by atoms with Gasteiger partial charge in [0.1, 0.15) is 6.61 Å². The molecule has 0 spiro atoms. The second kappa shape index (κ2) is 6.67. The number of alkyl carbamates (subject to hydrolysis) is 1. The van der Waals surface area contributed by atoms with Gasteiger partial charge in [0.2, 0.25) is 0 Å². The van der Waals surface area contributed by atoms with Gasteiger partial charge in [-0.1, -0.05) is 19.6 Å². The third kappa shape index (κ3) is 5.73. The lowest BCUT2D eigenvalue weighted by Crippen LogP contribution is -2.32. The van der Waals surface area contributed by atoms with Gasteiger partial charge < -0.3 is 15.2 Å². The summed E-state index contributed by atoms with van der Waals surface area (Å²) in [4.78, 5) is 10.7. The van der Waals surface area contributed by atoms with Gasteiger partial charge in [0.05, 0.1) is 6.10 Å². The normalized spacial score (nSPS) is 11.8. The van der Waals surface area contributed by atoms with E-state index in [9.17, 15) is 4.79 Å². The average Bonchev–Trinajstić information content (AvgIpc) is 2.10. The minimum absolute atomic E-state index is 0.189. The van der Waals surface area contributed by atoms with Crippen molar-refractivity contribution in [1.82, 2.24) is 5.32 Å². The third-order valence-electron chi connectivity index (χ3n) is 1.29. The van der Waals surface area contributed by atoms with E-state index in [4.69, 9.17) is 5.11 Å². The van der Waals surface area contributed by atoms with Crippen LogP contribution in [0.1, 0.15) is 13.3 Å². The Bertz CT molecular complexity index is 147. The molecular formula is C8H15NO3. The Morgan fingerprint density at radius 3 is 3.00 bits per heavy atom. The SMILES string of the molecule is C=CCOC(=O)NCC(O)CC. The summed E-state index contributed by atoms with van der Waals surface area (Å²) in [6.07, 6.45) is 1.07. The molecule has 0 aromatic heterocycles. The number of rotatable bonds is 5. The van der Waals surface area contributed by atoms with E-state index >= 15 is 0 Å². The van der Waals surface area contributed by atoms with E-state index in [0.717, 1.165) is 0 Å². The highest BCUT2D eigenvalue weighted by Gasteiger charge is 2.03. The Hall–Kier alpha value is -1.03. The summed E-state index contributed by atoms with van der Waals surface area (Å²) in [7, 11) is 0. The van der Waals surface area contributed by atoms with E-state index in [1.54, 1.807) is 0 Å². The highest BCUT2D eigenvalue weighted by Crippen LogP contribution is 1.87. The van der Waals surface area contributed by atoms with Gasteiger partial charge >= 0.3 is 6.09 Å². The molecule has 0 aliphatic rings. The Labute approximate surface area is 72.2 Å². The van der Waals surface area contributed by atoms with Crippen molar-refractivity contribution in [2.75, 3.05) is 13.2 Å². The summed E-state index contributed by atoms with van der Waals surface area (Å²) in [5, 5.41) is 11.5. The van der Waals surface area contributed by atoms with Gasteiger partial charge in [-0.2, -0.15) is 0 Å². The van der Waals surface area contributed by atoms with Crippen LogP contribution in [0.25, 0.3) is 0 Å². The maximum absolute atomic E-state index is 10.7. The van der Waals surface area contributed by atoms with Gasteiger partial charge in [0.15, 0.2) is 0 Å². The molecule has 4 nitrogen and oxygen atoms in total. The molecule has 2 N–H and O–H groups in total. The fourth-order valence-electron chi connectivity index (χ4n) is 0.531. The predicted octanol–water partition coefficient (Wildman–Crippen LogP) is 0.669. The van der Waals surface area contributed by atoms with E-state index < -0.39 is 12.2 Å². The van der Waals surface area contributed by atoms with Crippen LogP contribution >= 0.6 is 0 Å². The van der Waals surface area contributed by atoms with Crippen LogP contribution in [0.4, 0.5) is 4.79 Å². The first kappa shape index (κ1) is 11.0. The molecule has 1 amide bonds. The molecule has 0 radical (unpaired) electrons. The smallest absolute Gasteiger partial charge is 0.407 e. The Morgan fingerprint density at radius 1 is 1.83 bits per heavy atom. The average molecular weight is 173 g/mol. The topological polar surface area (TPSA) is 58.6 Å². The van der Waals surface area contributed by atoms with Crippen molar-refractivity contribution in [3.05, 3.63) is 12.7 Å². The molecule has 1 atom stereocenters. The summed E-state index contributed by atoms with van der Waals surface area (Å²) in [5.74, 6) is 0. The fraction of sp³-hybridized carbons (Fsp3) is 0.625. The quantitative estimate of drug-likeness (QED) is 0.601. The molecule has 0 aromatic carbocycles. The summed E-state index contributed by atoms with van der Waals surface area (Å²) < 4.78 is 4.61. The molecule has 0 bridgehead atoms. The lowest BCUT2D eigenvalue weighted by atomic mass is 10.3. The highest BCUT2D eigenvalue weighted by molar-refractivity contribution is 5.67. The third-order valence-corrected chi connectivity index (χ3v) is 1.29. The van der Waals surface area contributed by atoms with Crippen LogP contribution < -0.4 is 5.32 Å². The summed E-state index contributed by atoms with van der Waals surface area (Å²) in [5.41, 5.74) is 0. The van der Waals surface area contributed by atoms with E-state index in [0.29, 0.717) is 6.42 Å². The molecule has 0 aliphatic carbocycles. The molecule has 0 saturated heterocycles. The van der Waals surface area contributed by atoms with Crippen molar-refractivity contribution >= 4 is 6.09 Å². The Morgan fingerprint density at radius 2 is 2.50 bits per heavy atom. The van der Waals surface area contributed by atoms with E-state index in [-0.39, 0.29) is 13.2 Å². The van der Waals surface area contributed by atoms with Crippen LogP contribution in [0, 0.1) is 0 Å². The molecular weight excluding hydrogens is 158 g/mol. The number of carbonyl (C=O) groups excluding carboxylic acids is 1. The molecule has 0 rings (SSSR count). The van der Waals surface area contributed by atoms with Gasteiger partial charge in [0, 0.05) is 6.54 Å². The van der Waals surface area contributed by atoms with Crippen molar-refractivity contribution < 1.29 is 14.6 Å². The summed E-state index contributed by atoms with van der Waals surface area (Å²) in [6.45, 7) is 5.64. The number of ether oxygens (including phenoxy) is 1. The molecule has 1 unspecified atom stereocenters. The zero-order valence-corrected chi connectivity index (χ0v) is 7.25. The van der Waals surface area contributed by atoms with E-state index in [1.165, 1.54) is 6.08 Å². The predicted molar refractivity (Wildman–Crippen MR) is 45.8 cm³/mol. The molecule has 0 aliphatic heterocycles. The van der Waals surface area contributed by atoms with Crippen LogP contribution in [0.2, 0.25) is 0 Å². The molecule has 0 aromatic rings. The van der Waals surface area contributed by atoms with Crippen LogP contribution in [0.5, 0.6) is 0 Å². The molecule has 12 heavy (non-hydrogen) atoms. The lowest BCUT2D eigenvalue weighted by Gasteiger charge is -2.08. The molecule has 4 heteroatoms. The lowest BCUT2D eigenvalue weighted by molar-refractivity contribution is 0.137. The van der Waals surface area contributed by atoms with Crippen molar-refractivity contribution in [3.63, 3.8) is 0 Å². The Kier molecular flexibility index (Phi) is 6.09. The van der Waals surface area contributed by atoms with Gasteiger partial charge in [0.25, 0.3) is 0 Å².